The molecule has 0 heterocycles. The van der Waals surface area contributed by atoms with Crippen LogP contribution in [0.2, 0.25) is 0 Å². The molecule has 0 aliphatic carbocycles. The van der Waals surface area contributed by atoms with Gasteiger partial charge in [-0.15, -0.1) is 0 Å². The fraction of sp³-hybridized carbons (Fsp3) is 0. The molecule has 0 amide bonds. The molecule has 0 saturated carbocycles. The molecule has 1 rings (SSSR count). The molecule has 0 fully saturated rings. The van der Waals surface area contributed by atoms with Crippen LogP contribution in [0.3, 0.4) is 0 Å². The number of carboxylic acids is 1. The zero-order chi connectivity index (χ0) is 10.0. The summed E-state index contributed by atoms with van der Waals surface area (Å²) in [7, 11) is 0. The van der Waals surface area contributed by atoms with Gasteiger partial charge in [0.1, 0.15) is 5.82 Å². The highest BCUT2D eigenvalue weighted by Gasteiger charge is 2.14. The molecule has 13 heavy (non-hydrogen) atoms. The molecule has 0 unspecified atom stereocenters. The lowest BCUT2D eigenvalue weighted by Crippen LogP contribution is -2.01. The number of hydrogen-bond acceptors (Lipinski definition) is 3. The van der Waals surface area contributed by atoms with Crippen molar-refractivity contribution in [3.63, 3.8) is 0 Å². The average molecular weight is 184 g/mol. The maximum absolute atomic E-state index is 12.8. The Morgan fingerprint density at radius 3 is 2.54 bits per heavy atom. The van der Waals surface area contributed by atoms with Crippen LogP contribution < -0.4 is 0 Å². The highest BCUT2D eigenvalue weighted by molar-refractivity contribution is 5.88. The predicted octanol–water partition coefficient (Wildman–Crippen LogP) is 1.43. The number of carbonyl (C=O) groups is 1. The largest absolute Gasteiger partial charge is 0.478 e. The normalized spacial score (nSPS) is 9.62. The summed E-state index contributed by atoms with van der Waals surface area (Å²) in [5.41, 5.74) is -1.05. The van der Waals surface area contributed by atoms with E-state index in [1.54, 1.807) is 0 Å². The predicted molar refractivity (Wildman–Crippen MR) is 40.0 cm³/mol. The highest BCUT2D eigenvalue weighted by atomic mass is 18.2. The monoisotopic (exact) mass is 184 g/mol. The van der Waals surface area contributed by atoms with Crippen molar-refractivity contribution < 1.29 is 19.2 Å². The molecular formula is C7H4FNO4. The van der Waals surface area contributed by atoms with Gasteiger partial charge in [-0.1, -0.05) is 0 Å². The van der Waals surface area contributed by atoms with Gasteiger partial charge in [0.05, 0.1) is 16.6 Å². The lowest BCUT2D eigenvalue weighted by atomic mass is 10.2. The zero-order valence-electron chi connectivity index (χ0n) is 6.23. The van der Waals surface area contributed by atoms with E-state index in [0.717, 1.165) is 12.1 Å². The van der Waals surface area contributed by atoms with Crippen molar-refractivity contribution in [2.24, 2.45) is 0 Å². The van der Waals surface area contributed by atoms with E-state index < -0.39 is 28.0 Å². The van der Waals surface area contributed by atoms with Crippen molar-refractivity contribution in [2.75, 3.05) is 0 Å². The van der Waals surface area contributed by atoms with Gasteiger partial charge in [-0.05, 0) is 6.07 Å². The van der Waals surface area contributed by atoms with Crippen molar-refractivity contribution in [1.82, 2.24) is 0 Å². The van der Waals surface area contributed by atoms with E-state index in [2.05, 4.69) is 0 Å². The summed E-state index contributed by atoms with van der Waals surface area (Å²) in [6.07, 6.45) is 0. The minimum atomic E-state index is -1.45. The molecule has 6 heteroatoms. The number of non-ortho nitro benzene ring substituents is 1. The number of rotatable bonds is 2. The van der Waals surface area contributed by atoms with Crippen LogP contribution in [0.4, 0.5) is 10.1 Å². The summed E-state index contributed by atoms with van der Waals surface area (Å²) >= 11 is 0. The molecule has 1 N–H and O–H groups in total. The Labute approximate surface area is 71.6 Å². The number of benzene rings is 1. The van der Waals surface area contributed by atoms with Gasteiger partial charge in [0.25, 0.3) is 5.69 Å². The third-order valence-electron chi connectivity index (χ3n) is 1.39. The van der Waals surface area contributed by atoms with Crippen LogP contribution in [0.25, 0.3) is 0 Å². The Bertz CT molecular complexity index is 377. The molecule has 0 spiro atoms. The van der Waals surface area contributed by atoms with Crippen LogP contribution in [-0.4, -0.2) is 16.0 Å². The van der Waals surface area contributed by atoms with Crippen molar-refractivity contribution in [2.45, 2.75) is 0 Å². The first kappa shape index (κ1) is 9.11. The second-order valence-corrected chi connectivity index (χ2v) is 2.23. The Morgan fingerprint density at radius 2 is 2.15 bits per heavy atom. The van der Waals surface area contributed by atoms with E-state index in [1.807, 2.05) is 0 Å². The second-order valence-electron chi connectivity index (χ2n) is 2.23. The van der Waals surface area contributed by atoms with E-state index >= 15 is 0 Å². The molecule has 0 bridgehead atoms. The molecule has 0 aliphatic rings. The van der Waals surface area contributed by atoms with Crippen LogP contribution >= 0.6 is 0 Å². The number of nitrogens with zero attached hydrogens (tertiary/aromatic N) is 1. The first-order chi connectivity index (χ1) is 6.02. The van der Waals surface area contributed by atoms with Crippen molar-refractivity contribution in [3.8, 4) is 0 Å². The molecular weight excluding hydrogens is 180 g/mol. The van der Waals surface area contributed by atoms with E-state index in [-0.39, 0.29) is 0 Å². The highest BCUT2D eigenvalue weighted by Crippen LogP contribution is 2.16. The Morgan fingerprint density at radius 1 is 1.54 bits per heavy atom. The van der Waals surface area contributed by atoms with Gasteiger partial charge in [0, 0.05) is 6.07 Å². The van der Waals surface area contributed by atoms with E-state index in [9.17, 15) is 19.3 Å². The van der Waals surface area contributed by atoms with Crippen molar-refractivity contribution >= 4 is 11.7 Å². The number of nitro groups is 1. The van der Waals surface area contributed by atoms with Crippen LogP contribution in [0.15, 0.2) is 18.2 Å². The molecule has 0 atom stereocenters. The molecule has 0 aliphatic heterocycles. The second kappa shape index (κ2) is 3.18. The number of nitro benzene ring substituents is 1. The van der Waals surface area contributed by atoms with E-state index in [0.29, 0.717) is 6.07 Å². The van der Waals surface area contributed by atoms with Crippen LogP contribution in [0.5, 0.6) is 0 Å². The first-order valence-electron chi connectivity index (χ1n) is 3.19. The summed E-state index contributed by atoms with van der Waals surface area (Å²) in [6, 6.07) is 2.37. The minimum absolute atomic E-state index is 0.470. The summed E-state index contributed by atoms with van der Waals surface area (Å²) < 4.78 is 12.8. The molecule has 1 aromatic carbocycles. The van der Waals surface area contributed by atoms with Crippen LogP contribution in [0, 0.1) is 15.9 Å². The molecule has 68 valence electrons. The maximum Gasteiger partial charge on any atom is 0.338 e. The van der Waals surface area contributed by atoms with E-state index in [1.165, 1.54) is 0 Å². The summed E-state index contributed by atoms with van der Waals surface area (Å²) in [5.74, 6) is -2.56. The Balaban J connectivity index is 3.20. The summed E-state index contributed by atoms with van der Waals surface area (Å²) in [4.78, 5) is 19.6. The zero-order valence-corrected chi connectivity index (χ0v) is 6.23. The SMILES string of the molecule is O=C(O)c1ccc([N+](=O)[O-])cc1[18F]. The van der Waals surface area contributed by atoms with Gasteiger partial charge in [-0.25, -0.2) is 9.18 Å². The summed E-state index contributed by atoms with van der Waals surface area (Å²) in [5, 5.41) is 18.5. The summed E-state index contributed by atoms with van der Waals surface area (Å²) in [6.45, 7) is 0. The number of carboxylic acid groups (broad SMARTS) is 1. The fourth-order valence-electron chi connectivity index (χ4n) is 0.791. The Hall–Kier alpha value is -1.98. The van der Waals surface area contributed by atoms with Gasteiger partial charge in [-0.2, -0.15) is 0 Å². The number of hydrogen-bond donors (Lipinski definition) is 1. The molecule has 0 aromatic heterocycles. The van der Waals surface area contributed by atoms with Gasteiger partial charge < -0.3 is 5.11 Å². The molecule has 0 saturated heterocycles. The standard InChI is InChI=1S/C7H4FNO4/c8-6-3-4(9(12)13)1-2-5(6)7(10)11/h1-3H,(H,10,11)/i8-1. The molecule has 0 radical (unpaired) electrons. The fourth-order valence-corrected chi connectivity index (χ4v) is 0.791. The molecule has 1 aromatic rings. The van der Waals surface area contributed by atoms with Gasteiger partial charge in [-0.3, -0.25) is 10.1 Å². The topological polar surface area (TPSA) is 80.4 Å². The number of halogens is 1. The van der Waals surface area contributed by atoms with Gasteiger partial charge in [0.2, 0.25) is 0 Å². The van der Waals surface area contributed by atoms with Crippen molar-refractivity contribution in [1.29, 1.82) is 0 Å². The lowest BCUT2D eigenvalue weighted by Gasteiger charge is -1.95. The van der Waals surface area contributed by atoms with Gasteiger partial charge in [0.15, 0.2) is 0 Å². The minimum Gasteiger partial charge on any atom is -0.478 e. The third kappa shape index (κ3) is 1.78. The van der Waals surface area contributed by atoms with Crippen LogP contribution in [0.1, 0.15) is 10.4 Å². The smallest absolute Gasteiger partial charge is 0.338 e. The average Bonchev–Trinajstić information content (AvgIpc) is 2.03. The third-order valence-corrected chi connectivity index (χ3v) is 1.39. The number of aromatic carboxylic acids is 1. The van der Waals surface area contributed by atoms with Crippen molar-refractivity contribution in [3.05, 3.63) is 39.7 Å². The Kier molecular flexibility index (Phi) is 2.23. The van der Waals surface area contributed by atoms with Crippen LogP contribution in [-0.2, 0) is 0 Å². The lowest BCUT2D eigenvalue weighted by molar-refractivity contribution is -0.385. The maximum atomic E-state index is 12.8. The quantitative estimate of drug-likeness (QED) is 0.556. The van der Waals surface area contributed by atoms with Gasteiger partial charge >= 0.3 is 5.97 Å². The first-order valence-corrected chi connectivity index (χ1v) is 3.19. The van der Waals surface area contributed by atoms with E-state index in [4.69, 9.17) is 5.11 Å². The molecule has 5 nitrogen and oxygen atoms in total.